The molecule has 7 rings (SSSR count). The first-order chi connectivity index (χ1) is 23.0. The minimum absolute atomic E-state index is 0.0253. The summed E-state index contributed by atoms with van der Waals surface area (Å²) in [6, 6.07) is 35.3. The van der Waals surface area contributed by atoms with E-state index in [0.29, 0.717) is 38.8 Å². The number of halogens is 1. The van der Waals surface area contributed by atoms with Gasteiger partial charge in [0, 0.05) is 32.1 Å². The molecule has 0 bridgehead atoms. The van der Waals surface area contributed by atoms with Crippen LogP contribution < -0.4 is 4.57 Å². The number of aryl methyl sites for hydroxylation is 1. The van der Waals surface area contributed by atoms with Crippen molar-refractivity contribution in [1.82, 2.24) is 0 Å². The minimum Gasteiger partial charge on any atom is -0.454 e. The molecule has 0 aliphatic heterocycles. The smallest absolute Gasteiger partial charge is 0.219 e. The van der Waals surface area contributed by atoms with Crippen LogP contribution in [0, 0.1) is 30.9 Å². The Morgan fingerprint density at radius 3 is 1.88 bits per heavy atom. The predicted molar refractivity (Wildman–Crippen MR) is 171 cm³/mol. The molecule has 0 atom stereocenters. The third-order valence-electron chi connectivity index (χ3n) is 7.94. The lowest BCUT2D eigenvalue weighted by atomic mass is 9.94. The zero-order valence-corrected chi connectivity index (χ0v) is 23.5. The lowest BCUT2D eigenvalue weighted by molar-refractivity contribution is -0.661. The summed E-state index contributed by atoms with van der Waals surface area (Å²) in [5.74, 6) is -1.26. The zero-order valence-electron chi connectivity index (χ0n) is 28.5. The van der Waals surface area contributed by atoms with Gasteiger partial charge in [-0.3, -0.25) is 0 Å². The maximum Gasteiger partial charge on any atom is 0.219 e. The van der Waals surface area contributed by atoms with Gasteiger partial charge in [-0.25, -0.2) is 8.96 Å². The number of hydrogen-bond donors (Lipinski definition) is 0. The number of benzene rings is 5. The van der Waals surface area contributed by atoms with Gasteiger partial charge >= 0.3 is 0 Å². The Bertz CT molecular complexity index is 2400. The molecule has 4 heteroatoms. The Labute approximate surface area is 256 Å². The number of hydrogen-bond acceptors (Lipinski definition) is 2. The number of aromatic nitrogens is 1. The Kier molecular flexibility index (Phi) is 5.12. The topological polar surface area (TPSA) is 40.8 Å². The van der Waals surface area contributed by atoms with Crippen LogP contribution in [-0.2, 0) is 7.05 Å². The fraction of sp³-hybridized carbons (Fsp3) is 0.0769. The molecule has 0 saturated heterocycles. The van der Waals surface area contributed by atoms with Crippen LogP contribution in [-0.4, -0.2) is 0 Å². The van der Waals surface area contributed by atoms with Crippen LogP contribution in [0.15, 0.2) is 120 Å². The molecule has 0 spiro atoms. The number of rotatable bonds is 4. The van der Waals surface area contributed by atoms with Crippen LogP contribution in [0.1, 0.15) is 23.5 Å². The molecule has 0 unspecified atom stereocenters. The van der Waals surface area contributed by atoms with Gasteiger partial charge in [-0.2, -0.15) is 5.26 Å². The molecule has 0 fully saturated rings. The first kappa shape index (κ1) is 21.2. The standard InChI is InChI=1S/C39H28FN2O/c1-24-9-19-32-33-20-18-31(22-41)37(39(33)43-38(32)36(24)35-21-34(40)25(2)23-42(35)3)30-16-14-29(15-17-30)28-12-10-27(11-13-28)26-7-5-4-6-8-26/h4-21,23H,1-3H3/q+1/i2D3,21D,23D. The molecular formula is C39H28FN2O+. The molecule has 0 aliphatic carbocycles. The quantitative estimate of drug-likeness (QED) is 0.200. The molecule has 0 amide bonds. The van der Waals surface area contributed by atoms with Gasteiger partial charge in [0.25, 0.3) is 0 Å². The normalized spacial score (nSPS) is 13.2. The van der Waals surface area contributed by atoms with Gasteiger partial charge < -0.3 is 4.42 Å². The fourth-order valence-corrected chi connectivity index (χ4v) is 5.74. The van der Waals surface area contributed by atoms with Crippen LogP contribution in [0.2, 0.25) is 0 Å². The summed E-state index contributed by atoms with van der Waals surface area (Å²) in [7, 11) is 1.45. The second-order valence-electron chi connectivity index (χ2n) is 10.6. The molecule has 7 aromatic rings. The fourth-order valence-electron chi connectivity index (χ4n) is 5.74. The van der Waals surface area contributed by atoms with Crippen LogP contribution in [0.25, 0.3) is 66.6 Å². The number of pyridine rings is 1. The van der Waals surface area contributed by atoms with Crippen molar-refractivity contribution >= 4 is 21.9 Å². The molecule has 3 nitrogen and oxygen atoms in total. The van der Waals surface area contributed by atoms with Crippen molar-refractivity contribution in [2.24, 2.45) is 7.05 Å². The van der Waals surface area contributed by atoms with Crippen molar-refractivity contribution in [1.29, 1.82) is 5.26 Å². The van der Waals surface area contributed by atoms with Crippen molar-refractivity contribution in [3.8, 4) is 50.7 Å². The summed E-state index contributed by atoms with van der Waals surface area (Å²) in [6.07, 6.45) is -0.548. The molecule has 206 valence electrons. The van der Waals surface area contributed by atoms with Crippen LogP contribution in [0.4, 0.5) is 4.39 Å². The minimum atomic E-state index is -2.91. The van der Waals surface area contributed by atoms with E-state index >= 15 is 4.39 Å². The van der Waals surface area contributed by atoms with Gasteiger partial charge in [0.15, 0.2) is 6.17 Å². The van der Waals surface area contributed by atoms with Gasteiger partial charge in [-0.1, -0.05) is 91.0 Å². The summed E-state index contributed by atoms with van der Waals surface area (Å²) in [4.78, 5) is 0. The summed E-state index contributed by atoms with van der Waals surface area (Å²) in [5, 5.41) is 11.5. The molecule has 0 aliphatic rings. The Hall–Kier alpha value is -5.53. The summed E-state index contributed by atoms with van der Waals surface area (Å²) in [6.45, 7) is -1.12. The van der Waals surface area contributed by atoms with Gasteiger partial charge in [0.2, 0.25) is 5.69 Å². The lowest BCUT2D eigenvalue weighted by Gasteiger charge is -2.08. The van der Waals surface area contributed by atoms with Gasteiger partial charge in [-0.15, -0.1) is 0 Å². The van der Waals surface area contributed by atoms with E-state index in [-0.39, 0.29) is 5.69 Å². The number of furan rings is 1. The van der Waals surface area contributed by atoms with E-state index in [2.05, 4.69) is 42.5 Å². The summed E-state index contributed by atoms with van der Waals surface area (Å²) in [5.41, 5.74) is 7.16. The first-order valence-electron chi connectivity index (χ1n) is 16.3. The monoisotopic (exact) mass is 564 g/mol. The Morgan fingerprint density at radius 2 is 1.28 bits per heavy atom. The van der Waals surface area contributed by atoms with E-state index < -0.39 is 30.4 Å². The van der Waals surface area contributed by atoms with Gasteiger partial charge in [0.05, 0.1) is 18.6 Å². The highest BCUT2D eigenvalue weighted by atomic mass is 19.1. The zero-order chi connectivity index (χ0) is 33.9. The van der Waals surface area contributed by atoms with Crippen molar-refractivity contribution in [3.05, 3.63) is 138 Å². The van der Waals surface area contributed by atoms with Crippen molar-refractivity contribution in [2.45, 2.75) is 13.8 Å². The highest BCUT2D eigenvalue weighted by molar-refractivity contribution is 6.14. The van der Waals surface area contributed by atoms with Gasteiger partial charge in [0.1, 0.15) is 25.4 Å². The number of nitrogens with zero attached hydrogens (tertiary/aromatic N) is 2. The highest BCUT2D eigenvalue weighted by Gasteiger charge is 2.24. The number of fused-ring (bicyclic) bond motifs is 3. The third kappa shape index (κ3) is 4.47. The van der Waals surface area contributed by atoms with E-state index in [1.54, 1.807) is 19.1 Å². The van der Waals surface area contributed by atoms with E-state index in [1.807, 2.05) is 54.6 Å². The SMILES string of the molecule is [2H]c1c(F)c(C([2H])([2H])[2H])c([2H])[n+](C)c1-c1c(C)ccc2c1oc1c(-c3ccc(-c4ccc(-c5ccccc5)cc4)cc3)c(C#N)ccc12. The first-order valence-corrected chi connectivity index (χ1v) is 13.8. The molecule has 0 saturated carbocycles. The van der Waals surface area contributed by atoms with Crippen molar-refractivity contribution in [3.63, 3.8) is 0 Å². The third-order valence-corrected chi connectivity index (χ3v) is 7.94. The molecule has 0 N–H and O–H groups in total. The summed E-state index contributed by atoms with van der Waals surface area (Å²) < 4.78 is 63.7. The van der Waals surface area contributed by atoms with E-state index in [1.165, 1.54) is 11.6 Å². The molecule has 43 heavy (non-hydrogen) atoms. The van der Waals surface area contributed by atoms with Gasteiger partial charge in [-0.05, 0) is 59.3 Å². The molecule has 0 radical (unpaired) electrons. The molecular weight excluding hydrogens is 531 g/mol. The molecule has 5 aromatic carbocycles. The number of nitriles is 1. The van der Waals surface area contributed by atoms with Crippen molar-refractivity contribution < 1.29 is 20.2 Å². The van der Waals surface area contributed by atoms with E-state index in [9.17, 15) is 5.26 Å². The second kappa shape index (κ2) is 10.4. The summed E-state index contributed by atoms with van der Waals surface area (Å²) >= 11 is 0. The molecule has 2 heterocycles. The van der Waals surface area contributed by atoms with E-state index in [4.69, 9.17) is 11.3 Å². The van der Waals surface area contributed by atoms with Crippen LogP contribution >= 0.6 is 0 Å². The van der Waals surface area contributed by atoms with E-state index in [0.717, 1.165) is 33.2 Å². The van der Waals surface area contributed by atoms with Crippen LogP contribution in [0.3, 0.4) is 0 Å². The average molecular weight is 565 g/mol. The lowest BCUT2D eigenvalue weighted by Crippen LogP contribution is -2.31. The maximum absolute atomic E-state index is 15.5. The Balaban J connectivity index is 1.38. The van der Waals surface area contributed by atoms with Crippen LogP contribution in [0.5, 0.6) is 0 Å². The predicted octanol–water partition coefficient (Wildman–Crippen LogP) is 9.71. The maximum atomic E-state index is 15.5. The second-order valence-corrected chi connectivity index (χ2v) is 10.6. The molecule has 2 aromatic heterocycles. The van der Waals surface area contributed by atoms with Crippen molar-refractivity contribution in [2.75, 3.05) is 0 Å². The average Bonchev–Trinajstić information content (AvgIpc) is 3.46. The largest absolute Gasteiger partial charge is 0.454 e. The highest BCUT2D eigenvalue weighted by Crippen LogP contribution is 2.42. The Morgan fingerprint density at radius 1 is 0.721 bits per heavy atom.